The van der Waals surface area contributed by atoms with Gasteiger partial charge in [0.15, 0.2) is 12.4 Å². The maximum atomic E-state index is 8.86. The summed E-state index contributed by atoms with van der Waals surface area (Å²) in [6, 6.07) is 2.08. The first-order chi connectivity index (χ1) is 10.2. The van der Waals surface area contributed by atoms with Crippen molar-refractivity contribution in [2.24, 2.45) is 0 Å². The molecule has 1 aliphatic rings. The lowest BCUT2D eigenvalue weighted by molar-refractivity contribution is -0.864. The highest BCUT2D eigenvalue weighted by molar-refractivity contribution is 7.09. The van der Waals surface area contributed by atoms with Crippen molar-refractivity contribution < 1.29 is 14.4 Å². The molecule has 0 aromatic carbocycles. The molecule has 1 aliphatic heterocycles. The van der Waals surface area contributed by atoms with Gasteiger partial charge in [0.05, 0.1) is 16.9 Å². The summed E-state index contributed by atoms with van der Waals surface area (Å²) in [4.78, 5) is 8.04. The molecule has 1 atom stereocenters. The molecule has 0 bridgehead atoms. The normalized spacial score (nSPS) is 17.8. The fourth-order valence-corrected chi connectivity index (χ4v) is 3.07. The van der Waals surface area contributed by atoms with Crippen LogP contribution in [0.4, 0.5) is 0 Å². The zero-order valence-electron chi connectivity index (χ0n) is 12.1. The Morgan fingerprint density at radius 2 is 2.43 bits per heavy atom. The zero-order valence-corrected chi connectivity index (χ0v) is 12.9. The van der Waals surface area contributed by atoms with E-state index in [1.165, 1.54) is 4.90 Å². The molecule has 21 heavy (non-hydrogen) atoms. The minimum atomic E-state index is 0.244. The average molecular weight is 306 g/mol. The number of nitrogens with zero attached hydrogens (tertiary/aromatic N) is 2. The number of quaternary nitrogens is 1. The standard InChI is InChI=1S/C15H19N3O2S/c1-12-16-15(10-21-12)13-7-14(20-9-13)8-18-5-4-17(11-18)3-2-6-19/h4-5,7,9-10,19H,2-3,6,8,11H2,1H3/p+1. The Morgan fingerprint density at radius 1 is 1.52 bits per heavy atom. The maximum absolute atomic E-state index is 8.86. The van der Waals surface area contributed by atoms with E-state index in [2.05, 4.69) is 33.7 Å². The third-order valence-corrected chi connectivity index (χ3v) is 4.27. The first kappa shape index (κ1) is 14.3. The number of thiazole rings is 1. The first-order valence-electron chi connectivity index (χ1n) is 7.12. The van der Waals surface area contributed by atoms with E-state index in [1.54, 1.807) is 17.6 Å². The number of furan rings is 1. The van der Waals surface area contributed by atoms with Gasteiger partial charge < -0.3 is 14.4 Å². The monoisotopic (exact) mass is 306 g/mol. The number of rotatable bonds is 6. The van der Waals surface area contributed by atoms with E-state index in [-0.39, 0.29) is 6.61 Å². The van der Waals surface area contributed by atoms with Gasteiger partial charge in [0.25, 0.3) is 0 Å². The lowest BCUT2D eigenvalue weighted by Gasteiger charge is -2.15. The predicted molar refractivity (Wildman–Crippen MR) is 81.6 cm³/mol. The molecule has 0 spiro atoms. The highest BCUT2D eigenvalue weighted by atomic mass is 32.1. The van der Waals surface area contributed by atoms with Gasteiger partial charge in [0.1, 0.15) is 19.0 Å². The van der Waals surface area contributed by atoms with E-state index < -0.39 is 0 Å². The third-order valence-electron chi connectivity index (χ3n) is 3.50. The summed E-state index contributed by atoms with van der Waals surface area (Å²) in [5.41, 5.74) is 2.04. The van der Waals surface area contributed by atoms with Crippen LogP contribution in [-0.4, -0.2) is 34.8 Å². The van der Waals surface area contributed by atoms with E-state index in [0.29, 0.717) is 0 Å². The van der Waals surface area contributed by atoms with E-state index in [4.69, 9.17) is 9.52 Å². The predicted octanol–water partition coefficient (Wildman–Crippen LogP) is 1.22. The second kappa shape index (κ2) is 6.43. The van der Waals surface area contributed by atoms with Gasteiger partial charge >= 0.3 is 0 Å². The van der Waals surface area contributed by atoms with Crippen molar-refractivity contribution in [2.45, 2.75) is 19.9 Å². The van der Waals surface area contributed by atoms with Gasteiger partial charge in [0.2, 0.25) is 0 Å². The molecular formula is C15H20N3O2S+. The van der Waals surface area contributed by atoms with Crippen LogP contribution in [0.15, 0.2) is 34.5 Å². The lowest BCUT2D eigenvalue weighted by atomic mass is 10.2. The van der Waals surface area contributed by atoms with Gasteiger partial charge in [-0.2, -0.15) is 0 Å². The second-order valence-electron chi connectivity index (χ2n) is 5.25. The van der Waals surface area contributed by atoms with Crippen molar-refractivity contribution in [3.63, 3.8) is 0 Å². The summed E-state index contributed by atoms with van der Waals surface area (Å²) < 4.78 is 5.66. The van der Waals surface area contributed by atoms with Crippen LogP contribution in [0.1, 0.15) is 17.2 Å². The van der Waals surface area contributed by atoms with Crippen molar-refractivity contribution in [3.05, 3.63) is 40.9 Å². The Kier molecular flexibility index (Phi) is 4.38. The molecule has 2 N–H and O–H groups in total. The third kappa shape index (κ3) is 3.53. The summed E-state index contributed by atoms with van der Waals surface area (Å²) in [7, 11) is 0. The SMILES string of the molecule is Cc1nc(-c2coc(C[NH+]3C=CN(CCCO)C3)c2)cs1. The largest absolute Gasteiger partial charge is 0.463 e. The highest BCUT2D eigenvalue weighted by Crippen LogP contribution is 2.23. The topological polar surface area (TPSA) is 53.9 Å². The summed E-state index contributed by atoms with van der Waals surface area (Å²) in [6.07, 6.45) is 6.84. The lowest BCUT2D eigenvalue weighted by Crippen LogP contribution is -3.05. The molecule has 0 radical (unpaired) electrons. The van der Waals surface area contributed by atoms with Crippen molar-refractivity contribution in [2.75, 3.05) is 19.8 Å². The Hall–Kier alpha value is -1.63. The number of hydrogen-bond donors (Lipinski definition) is 2. The van der Waals surface area contributed by atoms with Crippen LogP contribution in [0.3, 0.4) is 0 Å². The number of aliphatic hydroxyl groups excluding tert-OH is 1. The average Bonchev–Trinajstić information content (AvgIpc) is 3.18. The molecule has 3 heterocycles. The molecule has 0 amide bonds. The molecule has 0 saturated carbocycles. The van der Waals surface area contributed by atoms with Crippen molar-refractivity contribution >= 4 is 11.3 Å². The minimum Gasteiger partial charge on any atom is -0.463 e. The van der Waals surface area contributed by atoms with Crippen LogP contribution >= 0.6 is 11.3 Å². The van der Waals surface area contributed by atoms with E-state index >= 15 is 0 Å². The molecule has 3 rings (SSSR count). The van der Waals surface area contributed by atoms with Gasteiger partial charge in [-0.25, -0.2) is 4.98 Å². The molecule has 2 aromatic rings. The van der Waals surface area contributed by atoms with E-state index in [0.717, 1.165) is 48.2 Å². The molecule has 5 nitrogen and oxygen atoms in total. The molecule has 0 aliphatic carbocycles. The van der Waals surface area contributed by atoms with Crippen LogP contribution < -0.4 is 4.90 Å². The van der Waals surface area contributed by atoms with Crippen molar-refractivity contribution in [3.8, 4) is 11.3 Å². The van der Waals surface area contributed by atoms with Gasteiger partial charge in [0, 0.05) is 24.1 Å². The van der Waals surface area contributed by atoms with Crippen LogP contribution in [0, 0.1) is 6.92 Å². The summed E-state index contributed by atoms with van der Waals surface area (Å²) in [5, 5.41) is 12.0. The number of aryl methyl sites for hydroxylation is 1. The van der Waals surface area contributed by atoms with Crippen LogP contribution in [0.25, 0.3) is 11.3 Å². The molecule has 0 saturated heterocycles. The highest BCUT2D eigenvalue weighted by Gasteiger charge is 2.19. The number of nitrogens with one attached hydrogen (secondary N) is 1. The van der Waals surface area contributed by atoms with Gasteiger partial charge in [-0.1, -0.05) is 0 Å². The van der Waals surface area contributed by atoms with Gasteiger partial charge in [-0.05, 0) is 19.4 Å². The van der Waals surface area contributed by atoms with Crippen molar-refractivity contribution in [1.82, 2.24) is 9.88 Å². The summed E-state index contributed by atoms with van der Waals surface area (Å²) in [6.45, 7) is 4.91. The first-order valence-corrected chi connectivity index (χ1v) is 8.00. The molecule has 6 heteroatoms. The Balaban J connectivity index is 1.57. The van der Waals surface area contributed by atoms with Crippen molar-refractivity contribution in [1.29, 1.82) is 0 Å². The molecule has 2 aromatic heterocycles. The Morgan fingerprint density at radius 3 is 3.19 bits per heavy atom. The fourth-order valence-electron chi connectivity index (χ4n) is 2.45. The van der Waals surface area contributed by atoms with Gasteiger partial charge in [-0.3, -0.25) is 4.90 Å². The van der Waals surface area contributed by atoms with Crippen LogP contribution in [-0.2, 0) is 6.54 Å². The molecular weight excluding hydrogens is 286 g/mol. The molecule has 112 valence electrons. The summed E-state index contributed by atoms with van der Waals surface area (Å²) >= 11 is 1.65. The Labute approximate surface area is 128 Å². The molecule has 1 unspecified atom stereocenters. The number of aliphatic hydroxyl groups is 1. The van der Waals surface area contributed by atoms with E-state index in [1.807, 2.05) is 6.92 Å². The minimum absolute atomic E-state index is 0.244. The second-order valence-corrected chi connectivity index (χ2v) is 6.31. The van der Waals surface area contributed by atoms with E-state index in [9.17, 15) is 0 Å². The van der Waals surface area contributed by atoms with Gasteiger partial charge in [-0.15, -0.1) is 11.3 Å². The fraction of sp³-hybridized carbons (Fsp3) is 0.400. The van der Waals surface area contributed by atoms with Crippen LogP contribution in [0.5, 0.6) is 0 Å². The maximum Gasteiger partial charge on any atom is 0.159 e. The number of aromatic nitrogens is 1. The van der Waals surface area contributed by atoms with Crippen LogP contribution in [0.2, 0.25) is 0 Å². The quantitative estimate of drug-likeness (QED) is 0.843. The Bertz CT molecular complexity index is 620. The summed E-state index contributed by atoms with van der Waals surface area (Å²) in [5.74, 6) is 0.972. The zero-order chi connectivity index (χ0) is 14.7. The number of hydrogen-bond acceptors (Lipinski definition) is 5. The smallest absolute Gasteiger partial charge is 0.159 e. The molecule has 0 fully saturated rings.